The standard InChI is InChI=1S/C23H20FN5O5/c1-28-12-15(14-9-13(3-5-19(14)28)4-6-22(30)31)17-7-8-25-23(26-17)27-18-11-20(29(32)33)16(24)10-21(18)34-2/h3,5,7-12H,4,6H2,1-2H3,(H,30,31)(H,25,26,27). The molecule has 0 saturated heterocycles. The molecule has 34 heavy (non-hydrogen) atoms. The molecule has 2 aromatic heterocycles. The van der Waals surface area contributed by atoms with Crippen LogP contribution in [0.3, 0.4) is 0 Å². The van der Waals surface area contributed by atoms with Crippen molar-refractivity contribution < 1.29 is 24.0 Å². The SMILES string of the molecule is COc1cc(F)c([N+](=O)[O-])cc1Nc1nccc(-c2cn(C)c3ccc(CCC(=O)O)cc23)n1. The molecule has 11 heteroatoms. The highest BCUT2D eigenvalue weighted by molar-refractivity contribution is 5.95. The fraction of sp³-hybridized carbons (Fsp3) is 0.174. The van der Waals surface area contributed by atoms with Gasteiger partial charge in [-0.25, -0.2) is 9.97 Å². The number of aromatic nitrogens is 3. The summed E-state index contributed by atoms with van der Waals surface area (Å²) in [5.74, 6) is -1.69. The van der Waals surface area contributed by atoms with Gasteiger partial charge in [0.15, 0.2) is 0 Å². The molecule has 0 aliphatic rings. The molecule has 0 unspecified atom stereocenters. The van der Waals surface area contributed by atoms with Gasteiger partial charge in [-0.05, 0) is 30.2 Å². The average Bonchev–Trinajstić information content (AvgIpc) is 3.14. The van der Waals surface area contributed by atoms with Crippen molar-refractivity contribution in [3.63, 3.8) is 0 Å². The fourth-order valence-corrected chi connectivity index (χ4v) is 3.69. The molecule has 0 aliphatic heterocycles. The topological polar surface area (TPSA) is 132 Å². The van der Waals surface area contributed by atoms with Crippen molar-refractivity contribution in [2.24, 2.45) is 7.05 Å². The highest BCUT2D eigenvalue weighted by Gasteiger charge is 2.20. The van der Waals surface area contributed by atoms with Crippen molar-refractivity contribution in [1.82, 2.24) is 14.5 Å². The summed E-state index contributed by atoms with van der Waals surface area (Å²) in [6.07, 6.45) is 3.86. The van der Waals surface area contributed by atoms with Crippen LogP contribution in [0.15, 0.2) is 48.8 Å². The van der Waals surface area contributed by atoms with Crippen molar-refractivity contribution in [2.75, 3.05) is 12.4 Å². The van der Waals surface area contributed by atoms with Gasteiger partial charge in [-0.1, -0.05) is 6.07 Å². The summed E-state index contributed by atoms with van der Waals surface area (Å²) < 4.78 is 21.0. The van der Waals surface area contributed by atoms with Crippen molar-refractivity contribution in [1.29, 1.82) is 0 Å². The van der Waals surface area contributed by atoms with Crippen molar-refractivity contribution in [3.8, 4) is 17.0 Å². The number of ether oxygens (including phenoxy) is 1. The Morgan fingerprint density at radius 3 is 2.79 bits per heavy atom. The maximum Gasteiger partial charge on any atom is 0.307 e. The molecule has 0 spiro atoms. The molecular formula is C23H20FN5O5. The average molecular weight is 465 g/mol. The van der Waals surface area contributed by atoms with Crippen molar-refractivity contribution in [3.05, 3.63) is 70.3 Å². The van der Waals surface area contributed by atoms with Crippen LogP contribution >= 0.6 is 0 Å². The van der Waals surface area contributed by atoms with Crippen LogP contribution in [0.25, 0.3) is 22.2 Å². The molecule has 0 atom stereocenters. The minimum Gasteiger partial charge on any atom is -0.494 e. The van der Waals surface area contributed by atoms with Gasteiger partial charge in [0.2, 0.25) is 11.8 Å². The molecule has 0 aliphatic carbocycles. The predicted molar refractivity (Wildman–Crippen MR) is 123 cm³/mol. The maximum atomic E-state index is 14.0. The van der Waals surface area contributed by atoms with Crippen LogP contribution < -0.4 is 10.1 Å². The van der Waals surface area contributed by atoms with E-state index in [2.05, 4.69) is 15.3 Å². The smallest absolute Gasteiger partial charge is 0.307 e. The molecule has 2 aromatic carbocycles. The fourth-order valence-electron chi connectivity index (χ4n) is 3.69. The van der Waals surface area contributed by atoms with E-state index in [4.69, 9.17) is 9.84 Å². The number of carboxylic acids is 1. The summed E-state index contributed by atoms with van der Waals surface area (Å²) in [5, 5.41) is 23.9. The predicted octanol–water partition coefficient (Wildman–Crippen LogP) is 4.45. The number of aliphatic carboxylic acids is 1. The number of carboxylic acid groups (broad SMARTS) is 1. The first kappa shape index (κ1) is 22.6. The molecule has 0 bridgehead atoms. The number of benzene rings is 2. The highest BCUT2D eigenvalue weighted by Crippen LogP contribution is 2.34. The van der Waals surface area contributed by atoms with Gasteiger partial charge in [0, 0.05) is 54.5 Å². The van der Waals surface area contributed by atoms with Crippen LogP contribution in [0.1, 0.15) is 12.0 Å². The summed E-state index contributed by atoms with van der Waals surface area (Å²) >= 11 is 0. The summed E-state index contributed by atoms with van der Waals surface area (Å²) in [6, 6.07) is 9.43. The van der Waals surface area contributed by atoms with Gasteiger partial charge in [-0.3, -0.25) is 14.9 Å². The lowest BCUT2D eigenvalue weighted by Gasteiger charge is -2.11. The molecule has 4 aromatic rings. The second-order valence-electron chi connectivity index (χ2n) is 7.55. The summed E-state index contributed by atoms with van der Waals surface area (Å²) in [7, 11) is 3.22. The number of fused-ring (bicyclic) bond motifs is 1. The third-order valence-electron chi connectivity index (χ3n) is 5.33. The normalized spacial score (nSPS) is 10.9. The van der Waals surface area contributed by atoms with Gasteiger partial charge in [-0.15, -0.1) is 0 Å². The van der Waals surface area contributed by atoms with E-state index in [0.717, 1.165) is 34.2 Å². The lowest BCUT2D eigenvalue weighted by molar-refractivity contribution is -0.387. The minimum atomic E-state index is -1.02. The third-order valence-corrected chi connectivity index (χ3v) is 5.33. The second kappa shape index (κ2) is 9.14. The number of hydrogen-bond acceptors (Lipinski definition) is 7. The van der Waals surface area contributed by atoms with Gasteiger partial charge in [0.25, 0.3) is 0 Å². The number of halogens is 1. The van der Waals surface area contributed by atoms with Crippen molar-refractivity contribution >= 4 is 34.2 Å². The lowest BCUT2D eigenvalue weighted by Crippen LogP contribution is -2.02. The number of nitro benzene ring substituents is 1. The number of aryl methyl sites for hydroxylation is 2. The summed E-state index contributed by atoms with van der Waals surface area (Å²) in [5.41, 5.74) is 2.64. The van der Waals surface area contributed by atoms with Crippen LogP contribution in [-0.2, 0) is 18.3 Å². The molecular weight excluding hydrogens is 445 g/mol. The van der Waals surface area contributed by atoms with E-state index >= 15 is 0 Å². The summed E-state index contributed by atoms with van der Waals surface area (Å²) in [6.45, 7) is 0. The van der Waals surface area contributed by atoms with Gasteiger partial charge in [0.1, 0.15) is 5.75 Å². The summed E-state index contributed by atoms with van der Waals surface area (Å²) in [4.78, 5) is 30.0. The quantitative estimate of drug-likeness (QED) is 0.288. The highest BCUT2D eigenvalue weighted by atomic mass is 19.1. The van der Waals surface area contributed by atoms with E-state index < -0.39 is 22.4 Å². The van der Waals surface area contributed by atoms with Crippen LogP contribution in [-0.4, -0.2) is 37.6 Å². The van der Waals surface area contributed by atoms with Gasteiger partial charge in [0.05, 0.1) is 23.4 Å². The number of nitrogens with one attached hydrogen (secondary N) is 1. The van der Waals surface area contributed by atoms with Gasteiger partial charge in [-0.2, -0.15) is 4.39 Å². The Morgan fingerprint density at radius 2 is 2.09 bits per heavy atom. The lowest BCUT2D eigenvalue weighted by atomic mass is 10.0. The third kappa shape index (κ3) is 4.49. The zero-order valence-electron chi connectivity index (χ0n) is 18.3. The number of rotatable bonds is 8. The van der Waals surface area contributed by atoms with E-state index in [-0.39, 0.29) is 23.8 Å². The molecule has 0 fully saturated rings. The van der Waals surface area contributed by atoms with E-state index in [1.807, 2.05) is 36.0 Å². The van der Waals surface area contributed by atoms with Crippen LogP contribution in [0.4, 0.5) is 21.7 Å². The Balaban J connectivity index is 1.72. The van der Waals surface area contributed by atoms with Crippen LogP contribution in [0, 0.1) is 15.9 Å². The van der Waals surface area contributed by atoms with E-state index in [1.54, 1.807) is 6.07 Å². The molecule has 174 valence electrons. The molecule has 2 N–H and O–H groups in total. The molecule has 0 amide bonds. The zero-order valence-corrected chi connectivity index (χ0v) is 18.3. The number of anilines is 2. The van der Waals surface area contributed by atoms with E-state index in [0.29, 0.717) is 12.1 Å². The second-order valence-corrected chi connectivity index (χ2v) is 7.55. The number of methoxy groups -OCH3 is 1. The van der Waals surface area contributed by atoms with Gasteiger partial charge >= 0.3 is 11.7 Å². The van der Waals surface area contributed by atoms with Crippen LogP contribution in [0.5, 0.6) is 5.75 Å². The first-order valence-corrected chi connectivity index (χ1v) is 10.2. The maximum absolute atomic E-state index is 14.0. The number of nitrogens with zero attached hydrogens (tertiary/aromatic N) is 4. The van der Waals surface area contributed by atoms with E-state index in [9.17, 15) is 19.3 Å². The minimum absolute atomic E-state index is 0.0287. The Labute approximate surface area is 192 Å². The zero-order chi connectivity index (χ0) is 24.4. The molecule has 4 rings (SSSR count). The molecule has 2 heterocycles. The Kier molecular flexibility index (Phi) is 6.09. The Morgan fingerprint density at radius 1 is 1.29 bits per heavy atom. The van der Waals surface area contributed by atoms with Crippen molar-refractivity contribution in [2.45, 2.75) is 12.8 Å². The number of carbonyl (C=O) groups is 1. The first-order valence-electron chi connectivity index (χ1n) is 10.2. The van der Waals surface area contributed by atoms with Crippen LogP contribution in [0.2, 0.25) is 0 Å². The Bertz CT molecular complexity index is 1420. The van der Waals surface area contributed by atoms with Gasteiger partial charge < -0.3 is 19.7 Å². The largest absolute Gasteiger partial charge is 0.494 e. The number of hydrogen-bond donors (Lipinski definition) is 2. The van der Waals surface area contributed by atoms with E-state index in [1.165, 1.54) is 13.3 Å². The molecule has 0 radical (unpaired) electrons. The first-order chi connectivity index (χ1) is 16.3. The molecule has 10 nitrogen and oxygen atoms in total. The molecule has 0 saturated carbocycles. The Hall–Kier alpha value is -4.54. The monoisotopic (exact) mass is 465 g/mol. The number of nitro groups is 1.